The molecule has 36 heavy (non-hydrogen) atoms. The predicted molar refractivity (Wildman–Crippen MR) is 144 cm³/mol. The Balaban J connectivity index is 1.55. The molecule has 0 bridgehead atoms. The number of nitrogens with one attached hydrogen (secondary N) is 1. The smallest absolute Gasteiger partial charge is 0.408 e. The van der Waals surface area contributed by atoms with Gasteiger partial charge in [-0.3, -0.25) is 0 Å². The second-order valence-corrected chi connectivity index (χ2v) is 11.1. The Labute approximate surface area is 215 Å². The molecule has 1 fully saturated rings. The van der Waals surface area contributed by atoms with Gasteiger partial charge in [0.25, 0.3) is 0 Å². The number of ether oxygens (including phenoxy) is 1. The van der Waals surface area contributed by atoms with Crippen LogP contribution in [-0.4, -0.2) is 27.9 Å². The highest BCUT2D eigenvalue weighted by atomic mass is 32.2. The molecule has 0 unspecified atom stereocenters. The number of rotatable bonds is 5. The van der Waals surface area contributed by atoms with Gasteiger partial charge in [-0.05, 0) is 64.3 Å². The van der Waals surface area contributed by atoms with Gasteiger partial charge in [0.15, 0.2) is 5.16 Å². The number of hydrogen-bond donors (Lipinski definition) is 1. The molecule has 1 N–H and O–H groups in total. The van der Waals surface area contributed by atoms with Gasteiger partial charge in [-0.2, -0.15) is 4.98 Å². The predicted octanol–water partition coefficient (Wildman–Crippen LogP) is 7.49. The van der Waals surface area contributed by atoms with Crippen molar-refractivity contribution in [2.45, 2.75) is 63.3 Å². The van der Waals surface area contributed by atoms with E-state index in [1.807, 2.05) is 52.1 Å². The number of benzene rings is 2. The van der Waals surface area contributed by atoms with Crippen molar-refractivity contribution in [1.82, 2.24) is 15.3 Å². The minimum Gasteiger partial charge on any atom is -0.444 e. The summed E-state index contributed by atoms with van der Waals surface area (Å²) in [6.07, 6.45) is 4.42. The Hall–Kier alpha value is -3.32. The molecule has 0 aliphatic heterocycles. The van der Waals surface area contributed by atoms with Crippen LogP contribution in [0.25, 0.3) is 33.6 Å². The van der Waals surface area contributed by atoms with Crippen molar-refractivity contribution in [2.24, 2.45) is 0 Å². The summed E-state index contributed by atoms with van der Waals surface area (Å²) in [6.45, 7) is 7.63. The Bertz CT molecular complexity index is 1400. The molecule has 186 valence electrons. The highest BCUT2D eigenvalue weighted by molar-refractivity contribution is 7.98. The van der Waals surface area contributed by atoms with Gasteiger partial charge in [0, 0.05) is 11.1 Å². The molecule has 6 nitrogen and oxygen atoms in total. The minimum absolute atomic E-state index is 0.381. The number of thioether (sulfide) groups is 1. The van der Waals surface area contributed by atoms with Crippen molar-refractivity contribution in [2.75, 3.05) is 6.26 Å². The summed E-state index contributed by atoms with van der Waals surface area (Å²) >= 11 is 1.50. The van der Waals surface area contributed by atoms with Gasteiger partial charge < -0.3 is 14.5 Å². The average molecular weight is 502 g/mol. The van der Waals surface area contributed by atoms with E-state index in [9.17, 15) is 4.79 Å². The third-order valence-corrected chi connectivity index (χ3v) is 7.15. The Morgan fingerprint density at radius 1 is 1.03 bits per heavy atom. The first-order valence-corrected chi connectivity index (χ1v) is 13.4. The summed E-state index contributed by atoms with van der Waals surface area (Å²) in [4.78, 5) is 21.9. The first kappa shape index (κ1) is 24.4. The molecule has 7 heteroatoms. The van der Waals surface area contributed by atoms with E-state index in [4.69, 9.17) is 9.15 Å². The molecule has 5 rings (SSSR count). The molecule has 2 aromatic heterocycles. The molecular weight excluding hydrogens is 470 g/mol. The van der Waals surface area contributed by atoms with E-state index in [2.05, 4.69) is 51.7 Å². The van der Waals surface area contributed by atoms with Gasteiger partial charge in [-0.25, -0.2) is 9.78 Å². The Morgan fingerprint density at radius 3 is 2.31 bits per heavy atom. The van der Waals surface area contributed by atoms with Gasteiger partial charge in [0.1, 0.15) is 11.4 Å². The summed E-state index contributed by atoms with van der Waals surface area (Å²) < 4.78 is 11.9. The first-order valence-electron chi connectivity index (χ1n) is 12.2. The molecule has 0 saturated heterocycles. The summed E-state index contributed by atoms with van der Waals surface area (Å²) in [7, 11) is 0. The number of aromatic nitrogens is 2. The topological polar surface area (TPSA) is 77.2 Å². The quantitative estimate of drug-likeness (QED) is 0.225. The number of aryl methyl sites for hydroxylation is 1. The molecule has 0 radical (unpaired) electrons. The lowest BCUT2D eigenvalue weighted by atomic mass is 9.71. The van der Waals surface area contributed by atoms with Crippen molar-refractivity contribution >= 4 is 29.0 Å². The van der Waals surface area contributed by atoms with E-state index in [-0.39, 0.29) is 6.09 Å². The maximum atomic E-state index is 12.6. The van der Waals surface area contributed by atoms with Gasteiger partial charge in [0.05, 0.1) is 16.6 Å². The second kappa shape index (κ2) is 9.28. The van der Waals surface area contributed by atoms with E-state index in [0.29, 0.717) is 10.9 Å². The number of hydrogen-bond acceptors (Lipinski definition) is 6. The van der Waals surface area contributed by atoms with E-state index < -0.39 is 11.1 Å². The summed E-state index contributed by atoms with van der Waals surface area (Å²) in [5, 5.41) is 4.76. The number of carbonyl (C=O) groups excluding carboxylic acids is 1. The number of nitrogens with zero attached hydrogens (tertiary/aromatic N) is 2. The molecule has 2 heterocycles. The lowest BCUT2D eigenvalue weighted by molar-refractivity contribution is 0.0377. The van der Waals surface area contributed by atoms with Crippen LogP contribution in [0.1, 0.15) is 51.3 Å². The minimum atomic E-state index is -0.537. The van der Waals surface area contributed by atoms with Crippen LogP contribution in [0.2, 0.25) is 0 Å². The fourth-order valence-electron chi connectivity index (χ4n) is 4.78. The molecule has 4 aromatic rings. The highest BCUT2D eigenvalue weighted by Gasteiger charge is 2.41. The zero-order chi connectivity index (χ0) is 25.5. The third-order valence-electron chi connectivity index (χ3n) is 6.60. The van der Waals surface area contributed by atoms with Gasteiger partial charge >= 0.3 is 6.09 Å². The monoisotopic (exact) mass is 501 g/mol. The molecule has 1 amide bonds. The van der Waals surface area contributed by atoms with Crippen molar-refractivity contribution < 1.29 is 13.9 Å². The van der Waals surface area contributed by atoms with Crippen LogP contribution in [-0.2, 0) is 10.3 Å². The fraction of sp³-hybridized carbons (Fsp3) is 0.345. The van der Waals surface area contributed by atoms with Crippen LogP contribution in [0.3, 0.4) is 0 Å². The number of furan rings is 1. The Kier molecular flexibility index (Phi) is 6.29. The zero-order valence-corrected chi connectivity index (χ0v) is 22.2. The molecule has 1 aliphatic carbocycles. The van der Waals surface area contributed by atoms with Gasteiger partial charge in [0.2, 0.25) is 5.71 Å². The van der Waals surface area contributed by atoms with Gasteiger partial charge in [-0.1, -0.05) is 66.4 Å². The summed E-state index contributed by atoms with van der Waals surface area (Å²) in [6, 6.07) is 18.5. The lowest BCUT2D eigenvalue weighted by Gasteiger charge is -2.43. The van der Waals surface area contributed by atoms with Crippen LogP contribution in [0.5, 0.6) is 0 Å². The normalized spacial score (nSPS) is 14.9. The van der Waals surface area contributed by atoms with Crippen molar-refractivity contribution in [3.05, 3.63) is 65.9 Å². The molecule has 1 aliphatic rings. The van der Waals surface area contributed by atoms with E-state index in [1.54, 1.807) is 0 Å². The largest absolute Gasteiger partial charge is 0.444 e. The zero-order valence-electron chi connectivity index (χ0n) is 21.3. The summed E-state index contributed by atoms with van der Waals surface area (Å²) in [5.74, 6) is 0.765. The Morgan fingerprint density at radius 2 is 1.72 bits per heavy atom. The molecular formula is C29H31N3O3S. The number of alkyl carbamates (subject to hydrolysis) is 1. The van der Waals surface area contributed by atoms with Gasteiger partial charge in [-0.15, -0.1) is 0 Å². The van der Waals surface area contributed by atoms with Crippen LogP contribution in [0.15, 0.2) is 64.2 Å². The molecule has 2 aromatic carbocycles. The second-order valence-electron chi connectivity index (χ2n) is 10.3. The molecule has 0 spiro atoms. The fourth-order valence-corrected chi connectivity index (χ4v) is 5.18. The molecule has 1 saturated carbocycles. The SMILES string of the molecule is CSc1nc(C)c2c(-c3ccccc3)c(-c3ccc(C4(NC(=O)OC(C)(C)C)CCC4)cc3)oc2n1. The van der Waals surface area contributed by atoms with E-state index in [0.717, 1.165) is 58.4 Å². The van der Waals surface area contributed by atoms with Crippen LogP contribution >= 0.6 is 11.8 Å². The van der Waals surface area contributed by atoms with Crippen molar-refractivity contribution in [3.8, 4) is 22.5 Å². The average Bonchev–Trinajstić information content (AvgIpc) is 3.21. The third kappa shape index (κ3) is 4.60. The van der Waals surface area contributed by atoms with E-state index >= 15 is 0 Å². The van der Waals surface area contributed by atoms with Crippen LogP contribution in [0.4, 0.5) is 4.79 Å². The van der Waals surface area contributed by atoms with E-state index in [1.165, 1.54) is 11.8 Å². The highest BCUT2D eigenvalue weighted by Crippen LogP contribution is 2.44. The number of carbonyl (C=O) groups is 1. The summed E-state index contributed by atoms with van der Waals surface area (Å²) in [5.41, 5.74) is 4.62. The standard InChI is InChI=1S/C29H31N3O3S/c1-18-22-23(19-10-7-6-8-11-19)24(34-25(22)31-26(30-18)36-5)20-12-14-21(15-13-20)29(16-9-17-29)32-27(33)35-28(2,3)4/h6-8,10-15H,9,16-17H2,1-5H3,(H,32,33). The first-order chi connectivity index (χ1) is 17.2. The number of amides is 1. The molecule has 0 atom stereocenters. The number of fused-ring (bicyclic) bond motifs is 1. The van der Waals surface area contributed by atoms with Crippen molar-refractivity contribution in [3.63, 3.8) is 0 Å². The van der Waals surface area contributed by atoms with Crippen LogP contribution < -0.4 is 5.32 Å². The lowest BCUT2D eigenvalue weighted by Crippen LogP contribution is -2.52. The maximum absolute atomic E-state index is 12.6. The van der Waals surface area contributed by atoms with Crippen molar-refractivity contribution in [1.29, 1.82) is 0 Å². The van der Waals surface area contributed by atoms with Crippen LogP contribution in [0, 0.1) is 6.92 Å². The maximum Gasteiger partial charge on any atom is 0.408 e.